The first kappa shape index (κ1) is 22.6. The van der Waals surface area contributed by atoms with Crippen molar-refractivity contribution in [2.75, 3.05) is 64.3 Å². The lowest BCUT2D eigenvalue weighted by molar-refractivity contribution is -0.937. The predicted molar refractivity (Wildman–Crippen MR) is 120 cm³/mol. The van der Waals surface area contributed by atoms with Crippen molar-refractivity contribution in [1.29, 1.82) is 0 Å². The monoisotopic (exact) mass is 427 g/mol. The van der Waals surface area contributed by atoms with Crippen molar-refractivity contribution in [3.63, 3.8) is 0 Å². The molecule has 8 nitrogen and oxygen atoms in total. The van der Waals surface area contributed by atoms with Crippen LogP contribution in [-0.4, -0.2) is 65.9 Å². The van der Waals surface area contributed by atoms with Gasteiger partial charge in [0, 0.05) is 37.1 Å². The summed E-state index contributed by atoms with van der Waals surface area (Å²) in [5.41, 5.74) is 2.74. The molecular weight excluding hydrogens is 396 g/mol. The minimum atomic E-state index is -0.702. The molecule has 0 spiro atoms. The van der Waals surface area contributed by atoms with Crippen LogP contribution in [0.3, 0.4) is 0 Å². The molecule has 0 aliphatic carbocycles. The summed E-state index contributed by atoms with van der Waals surface area (Å²) in [7, 11) is 5.55. The minimum absolute atomic E-state index is 0.0358. The van der Waals surface area contributed by atoms with Crippen molar-refractivity contribution in [1.82, 2.24) is 5.32 Å². The molecule has 3 rings (SSSR count). The van der Waals surface area contributed by atoms with E-state index >= 15 is 0 Å². The summed E-state index contributed by atoms with van der Waals surface area (Å²) in [6.45, 7) is 3.44. The van der Waals surface area contributed by atoms with Crippen molar-refractivity contribution in [3.8, 4) is 5.75 Å². The van der Waals surface area contributed by atoms with Gasteiger partial charge in [-0.25, -0.2) is 0 Å². The van der Waals surface area contributed by atoms with Crippen LogP contribution in [0.4, 0.5) is 11.4 Å². The number of quaternary nitrogens is 1. The van der Waals surface area contributed by atoms with Gasteiger partial charge in [-0.3, -0.25) is 9.59 Å². The third-order valence-corrected chi connectivity index (χ3v) is 5.44. The summed E-state index contributed by atoms with van der Waals surface area (Å²) in [5.74, 6) is -0.757. The van der Waals surface area contributed by atoms with E-state index in [2.05, 4.69) is 34.9 Å². The molecule has 8 heteroatoms. The molecule has 31 heavy (non-hydrogen) atoms. The van der Waals surface area contributed by atoms with E-state index in [0.29, 0.717) is 31.2 Å². The number of hydrogen-bond acceptors (Lipinski definition) is 5. The third-order valence-electron chi connectivity index (χ3n) is 5.44. The average molecular weight is 428 g/mol. The molecule has 0 bridgehead atoms. The summed E-state index contributed by atoms with van der Waals surface area (Å²) < 4.78 is 10.6. The molecule has 1 aliphatic heterocycles. The van der Waals surface area contributed by atoms with Crippen LogP contribution >= 0.6 is 0 Å². The number of rotatable bonds is 7. The van der Waals surface area contributed by atoms with Gasteiger partial charge in [-0.15, -0.1) is 0 Å². The molecule has 0 radical (unpaired) electrons. The third kappa shape index (κ3) is 6.19. The van der Waals surface area contributed by atoms with Gasteiger partial charge in [0.25, 0.3) is 0 Å². The largest absolute Gasteiger partial charge is 0.497 e. The Hall–Kier alpha value is -3.10. The number of hydrogen-bond donors (Lipinski definition) is 3. The lowest BCUT2D eigenvalue weighted by atomic mass is 10.0. The Balaban J connectivity index is 1.66. The normalized spacial score (nSPS) is 15.1. The first-order chi connectivity index (χ1) is 15.0. The minimum Gasteiger partial charge on any atom is -0.497 e. The number of carbonyl (C=O) groups excluding carboxylic acids is 2. The molecule has 3 N–H and O–H groups in total. The quantitative estimate of drug-likeness (QED) is 0.560. The van der Waals surface area contributed by atoms with Crippen LogP contribution in [-0.2, 0) is 14.3 Å². The first-order valence-corrected chi connectivity index (χ1v) is 10.4. The fraction of sp³-hybridized carbons (Fsp3) is 0.391. The topological polar surface area (TPSA) is 84.3 Å². The fourth-order valence-corrected chi connectivity index (χ4v) is 3.65. The zero-order valence-electron chi connectivity index (χ0n) is 18.3. The van der Waals surface area contributed by atoms with Crippen LogP contribution in [0.2, 0.25) is 0 Å². The molecule has 0 saturated carbocycles. The van der Waals surface area contributed by atoms with Gasteiger partial charge in [0.05, 0.1) is 26.9 Å². The van der Waals surface area contributed by atoms with E-state index < -0.39 is 11.8 Å². The second-order valence-electron chi connectivity index (χ2n) is 7.71. The maximum atomic E-state index is 12.5. The summed E-state index contributed by atoms with van der Waals surface area (Å²) in [6, 6.07) is 15.2. The van der Waals surface area contributed by atoms with Crippen molar-refractivity contribution in [2.45, 2.75) is 6.04 Å². The average Bonchev–Trinajstić information content (AvgIpc) is 2.80. The zero-order valence-corrected chi connectivity index (χ0v) is 18.3. The van der Waals surface area contributed by atoms with Crippen LogP contribution in [0.1, 0.15) is 11.6 Å². The van der Waals surface area contributed by atoms with Crippen molar-refractivity contribution >= 4 is 23.2 Å². The van der Waals surface area contributed by atoms with Gasteiger partial charge >= 0.3 is 11.8 Å². The fourth-order valence-electron chi connectivity index (χ4n) is 3.65. The van der Waals surface area contributed by atoms with E-state index in [1.165, 1.54) is 4.90 Å². The number of methoxy groups -OCH3 is 1. The van der Waals surface area contributed by atoms with Gasteiger partial charge in [0.1, 0.15) is 24.9 Å². The van der Waals surface area contributed by atoms with Gasteiger partial charge in [0.2, 0.25) is 0 Å². The number of morpholine rings is 1. The van der Waals surface area contributed by atoms with Crippen LogP contribution in [0, 0.1) is 0 Å². The summed E-state index contributed by atoms with van der Waals surface area (Å²) >= 11 is 0. The predicted octanol–water partition coefficient (Wildman–Crippen LogP) is 0.472. The molecule has 1 heterocycles. The maximum absolute atomic E-state index is 12.5. The van der Waals surface area contributed by atoms with Crippen molar-refractivity contribution < 1.29 is 24.0 Å². The van der Waals surface area contributed by atoms with Gasteiger partial charge in [-0.1, -0.05) is 18.2 Å². The number of amides is 2. The number of nitrogens with zero attached hydrogens (tertiary/aromatic N) is 1. The SMILES string of the molecule is COc1cccc(NC(=O)C(=O)NC[C@H](c2ccc(N(C)C)cc2)[NH+]2CCOCC2)c1. The molecule has 1 fully saturated rings. The summed E-state index contributed by atoms with van der Waals surface area (Å²) in [6.07, 6.45) is 0. The molecule has 0 aromatic heterocycles. The molecule has 1 atom stereocenters. The molecular formula is C23H31N4O4+. The highest BCUT2D eigenvalue weighted by Gasteiger charge is 2.28. The Morgan fingerprint density at radius 2 is 1.81 bits per heavy atom. The lowest BCUT2D eigenvalue weighted by Crippen LogP contribution is -3.15. The number of anilines is 2. The summed E-state index contributed by atoms with van der Waals surface area (Å²) in [4.78, 5) is 28.2. The lowest BCUT2D eigenvalue weighted by Gasteiger charge is -2.32. The van der Waals surface area contributed by atoms with E-state index in [4.69, 9.17) is 9.47 Å². The summed E-state index contributed by atoms with van der Waals surface area (Å²) in [5, 5.41) is 5.43. The molecule has 166 valence electrons. The Morgan fingerprint density at radius 3 is 2.45 bits per heavy atom. The van der Waals surface area contributed by atoms with Crippen LogP contribution < -0.4 is 25.2 Å². The van der Waals surface area contributed by atoms with Crippen molar-refractivity contribution in [3.05, 3.63) is 54.1 Å². The van der Waals surface area contributed by atoms with Gasteiger partial charge < -0.3 is 29.9 Å². The number of benzene rings is 2. The Morgan fingerprint density at radius 1 is 1.10 bits per heavy atom. The molecule has 0 unspecified atom stereocenters. The van der Waals surface area contributed by atoms with E-state index in [0.717, 1.165) is 24.3 Å². The number of nitrogens with one attached hydrogen (secondary N) is 3. The number of ether oxygens (including phenoxy) is 2. The van der Waals surface area contributed by atoms with Gasteiger partial charge in [-0.05, 0) is 24.3 Å². The molecule has 2 aromatic rings. The van der Waals surface area contributed by atoms with Gasteiger partial charge in [-0.2, -0.15) is 0 Å². The highest BCUT2D eigenvalue weighted by molar-refractivity contribution is 6.39. The van der Waals surface area contributed by atoms with E-state index in [1.54, 1.807) is 31.4 Å². The van der Waals surface area contributed by atoms with E-state index in [-0.39, 0.29) is 6.04 Å². The van der Waals surface area contributed by atoms with Crippen LogP contribution in [0.15, 0.2) is 48.5 Å². The van der Waals surface area contributed by atoms with Crippen LogP contribution in [0.25, 0.3) is 0 Å². The van der Waals surface area contributed by atoms with Gasteiger partial charge in [0.15, 0.2) is 0 Å². The molecule has 1 aliphatic rings. The smallest absolute Gasteiger partial charge is 0.313 e. The Bertz CT molecular complexity index is 879. The van der Waals surface area contributed by atoms with E-state index in [1.807, 2.05) is 19.0 Å². The standard InChI is InChI=1S/C23H30N4O4/c1-26(2)19-9-7-17(8-10-19)21(27-11-13-31-14-12-27)16-24-22(28)23(29)25-18-5-4-6-20(15-18)30-3/h4-10,15,21H,11-14,16H2,1-3H3,(H,24,28)(H,25,29)/p+1/t21-/m1/s1. The highest BCUT2D eigenvalue weighted by atomic mass is 16.5. The highest BCUT2D eigenvalue weighted by Crippen LogP contribution is 2.17. The Kier molecular flexibility index (Phi) is 7.86. The van der Waals surface area contributed by atoms with E-state index in [9.17, 15) is 9.59 Å². The second-order valence-corrected chi connectivity index (χ2v) is 7.71. The van der Waals surface area contributed by atoms with Crippen molar-refractivity contribution in [2.24, 2.45) is 0 Å². The first-order valence-electron chi connectivity index (χ1n) is 10.4. The molecule has 1 saturated heterocycles. The van der Waals surface area contributed by atoms with Crippen LogP contribution in [0.5, 0.6) is 5.75 Å². The maximum Gasteiger partial charge on any atom is 0.313 e. The zero-order chi connectivity index (χ0) is 22.2. The second kappa shape index (κ2) is 10.8. The Labute approximate surface area is 183 Å². The number of carbonyl (C=O) groups is 2. The molecule has 2 amide bonds. The molecule has 2 aromatic carbocycles.